The lowest BCUT2D eigenvalue weighted by Gasteiger charge is -2.05. The molecule has 0 bridgehead atoms. The topological polar surface area (TPSA) is 61.0 Å². The van der Waals surface area contributed by atoms with Gasteiger partial charge in [0.25, 0.3) is 0 Å². The summed E-state index contributed by atoms with van der Waals surface area (Å²) in [5, 5.41) is 0. The minimum atomic E-state index is -0.314. The molecule has 0 aliphatic carbocycles. The van der Waals surface area contributed by atoms with Crippen molar-refractivity contribution < 1.29 is 9.13 Å². The Morgan fingerprint density at radius 2 is 1.88 bits per heavy atom. The second-order valence-electron chi connectivity index (χ2n) is 3.26. The van der Waals surface area contributed by atoms with Gasteiger partial charge < -0.3 is 10.5 Å². The minimum Gasteiger partial charge on any atom is -0.439 e. The maximum absolute atomic E-state index is 12.7. The number of nitrogens with zero attached hydrogens (tertiary/aromatic N) is 2. The van der Waals surface area contributed by atoms with E-state index >= 15 is 0 Å². The molecule has 2 N–H and O–H groups in total. The monoisotopic (exact) mass is 219 g/mol. The molecule has 4 nitrogen and oxygen atoms in total. The zero-order valence-electron chi connectivity index (χ0n) is 8.64. The van der Waals surface area contributed by atoms with Crippen LogP contribution in [-0.2, 0) is 0 Å². The van der Waals surface area contributed by atoms with E-state index in [2.05, 4.69) is 9.97 Å². The summed E-state index contributed by atoms with van der Waals surface area (Å²) in [6, 6.07) is 7.31. The first kappa shape index (κ1) is 10.4. The zero-order valence-corrected chi connectivity index (χ0v) is 8.64. The lowest BCUT2D eigenvalue weighted by atomic mass is 10.3. The average molecular weight is 219 g/mol. The van der Waals surface area contributed by atoms with E-state index in [4.69, 9.17) is 10.5 Å². The normalized spacial score (nSPS) is 10.1. The largest absolute Gasteiger partial charge is 0.439 e. The highest BCUT2D eigenvalue weighted by molar-refractivity contribution is 5.31. The predicted molar refractivity (Wildman–Crippen MR) is 57.7 cm³/mol. The van der Waals surface area contributed by atoms with Crippen molar-refractivity contribution in [1.82, 2.24) is 9.97 Å². The third-order valence-corrected chi connectivity index (χ3v) is 1.88. The van der Waals surface area contributed by atoms with Gasteiger partial charge in [-0.25, -0.2) is 9.37 Å². The van der Waals surface area contributed by atoms with Crippen LogP contribution in [-0.4, -0.2) is 9.97 Å². The van der Waals surface area contributed by atoms with Crippen molar-refractivity contribution in [3.05, 3.63) is 41.8 Å². The van der Waals surface area contributed by atoms with Crippen molar-refractivity contribution in [2.75, 3.05) is 5.73 Å². The molecule has 0 atom stereocenters. The number of benzene rings is 1. The van der Waals surface area contributed by atoms with E-state index in [1.165, 1.54) is 24.3 Å². The van der Waals surface area contributed by atoms with Gasteiger partial charge in [-0.05, 0) is 31.2 Å². The van der Waals surface area contributed by atoms with Crippen molar-refractivity contribution in [2.24, 2.45) is 0 Å². The van der Waals surface area contributed by atoms with Gasteiger partial charge in [-0.1, -0.05) is 0 Å². The van der Waals surface area contributed by atoms with Crippen LogP contribution in [0.15, 0.2) is 30.3 Å². The van der Waals surface area contributed by atoms with Crippen molar-refractivity contribution in [3.63, 3.8) is 0 Å². The lowest BCUT2D eigenvalue weighted by Crippen LogP contribution is -1.98. The number of nitrogen functional groups attached to an aromatic ring is 1. The molecule has 0 saturated heterocycles. The lowest BCUT2D eigenvalue weighted by molar-refractivity contribution is 0.460. The number of aryl methyl sites for hydroxylation is 1. The van der Waals surface area contributed by atoms with Crippen molar-refractivity contribution in [3.8, 4) is 11.6 Å². The maximum atomic E-state index is 12.7. The highest BCUT2D eigenvalue weighted by Gasteiger charge is 2.02. The standard InChI is InChI=1S/C11H10FN3O/c1-7-6-10(15-11(13)14-7)16-9-4-2-8(12)3-5-9/h2-6H,1H3,(H2,13,14,15). The predicted octanol–water partition coefficient (Wildman–Crippen LogP) is 2.30. The fourth-order valence-corrected chi connectivity index (χ4v) is 1.24. The Morgan fingerprint density at radius 1 is 1.19 bits per heavy atom. The Morgan fingerprint density at radius 3 is 2.50 bits per heavy atom. The van der Waals surface area contributed by atoms with Crippen molar-refractivity contribution >= 4 is 5.95 Å². The molecule has 0 radical (unpaired) electrons. The van der Waals surface area contributed by atoms with Crippen LogP contribution in [0.2, 0.25) is 0 Å². The van der Waals surface area contributed by atoms with E-state index in [-0.39, 0.29) is 11.8 Å². The summed E-state index contributed by atoms with van der Waals surface area (Å²) in [5.74, 6) is 0.679. The van der Waals surface area contributed by atoms with Crippen molar-refractivity contribution in [1.29, 1.82) is 0 Å². The Bertz CT molecular complexity index is 479. The van der Waals surface area contributed by atoms with Gasteiger partial charge in [0.05, 0.1) is 0 Å². The summed E-state index contributed by atoms with van der Waals surface area (Å²) in [5.41, 5.74) is 6.19. The summed E-state index contributed by atoms with van der Waals surface area (Å²) in [6.45, 7) is 1.79. The molecular weight excluding hydrogens is 209 g/mol. The molecule has 1 aromatic heterocycles. The molecule has 1 heterocycles. The van der Waals surface area contributed by atoms with Gasteiger partial charge in [-0.15, -0.1) is 0 Å². The van der Waals surface area contributed by atoms with Crippen LogP contribution in [0.3, 0.4) is 0 Å². The summed E-state index contributed by atoms with van der Waals surface area (Å²) in [4.78, 5) is 7.82. The van der Waals surface area contributed by atoms with Crippen LogP contribution in [0.1, 0.15) is 5.69 Å². The van der Waals surface area contributed by atoms with Gasteiger partial charge in [0.1, 0.15) is 11.6 Å². The van der Waals surface area contributed by atoms with Crippen LogP contribution in [0.4, 0.5) is 10.3 Å². The number of ether oxygens (including phenoxy) is 1. The Hall–Kier alpha value is -2.17. The molecule has 0 spiro atoms. The van der Waals surface area contributed by atoms with Crippen molar-refractivity contribution in [2.45, 2.75) is 6.92 Å². The van der Waals surface area contributed by atoms with Crippen LogP contribution >= 0.6 is 0 Å². The number of rotatable bonds is 2. The fourth-order valence-electron chi connectivity index (χ4n) is 1.24. The van der Waals surface area contributed by atoms with E-state index in [0.717, 1.165) is 0 Å². The Labute approximate surface area is 91.9 Å². The molecule has 5 heteroatoms. The number of hydrogen-bond acceptors (Lipinski definition) is 4. The van der Waals surface area contributed by atoms with Crippen LogP contribution in [0, 0.1) is 12.7 Å². The van der Waals surface area contributed by atoms with E-state index in [9.17, 15) is 4.39 Å². The SMILES string of the molecule is Cc1cc(Oc2ccc(F)cc2)nc(N)n1. The summed E-state index contributed by atoms with van der Waals surface area (Å²) >= 11 is 0. The highest BCUT2D eigenvalue weighted by atomic mass is 19.1. The molecule has 1 aromatic carbocycles. The highest BCUT2D eigenvalue weighted by Crippen LogP contribution is 2.20. The first-order valence-electron chi connectivity index (χ1n) is 4.68. The smallest absolute Gasteiger partial charge is 0.224 e. The summed E-state index contributed by atoms with van der Waals surface area (Å²) < 4.78 is 18.0. The molecular formula is C11H10FN3O. The van der Waals surface area contributed by atoms with Gasteiger partial charge >= 0.3 is 0 Å². The molecule has 0 saturated carbocycles. The summed E-state index contributed by atoms with van der Waals surface area (Å²) in [6.07, 6.45) is 0. The van der Waals surface area contributed by atoms with Gasteiger partial charge in [0, 0.05) is 11.8 Å². The number of anilines is 1. The van der Waals surface area contributed by atoms with Crippen LogP contribution < -0.4 is 10.5 Å². The molecule has 0 aliphatic heterocycles. The quantitative estimate of drug-likeness (QED) is 0.841. The molecule has 2 rings (SSSR count). The number of halogens is 1. The van der Waals surface area contributed by atoms with E-state index in [1.54, 1.807) is 13.0 Å². The van der Waals surface area contributed by atoms with Gasteiger partial charge in [0.15, 0.2) is 0 Å². The van der Waals surface area contributed by atoms with Gasteiger partial charge in [-0.3, -0.25) is 0 Å². The second-order valence-corrected chi connectivity index (χ2v) is 3.26. The zero-order chi connectivity index (χ0) is 11.5. The Balaban J connectivity index is 2.23. The van der Waals surface area contributed by atoms with E-state index in [0.29, 0.717) is 17.3 Å². The third-order valence-electron chi connectivity index (χ3n) is 1.88. The molecule has 82 valence electrons. The average Bonchev–Trinajstić information content (AvgIpc) is 2.20. The number of nitrogens with two attached hydrogens (primary N) is 1. The van der Waals surface area contributed by atoms with E-state index in [1.807, 2.05) is 0 Å². The second kappa shape index (κ2) is 4.14. The number of aromatic nitrogens is 2. The van der Waals surface area contributed by atoms with Crippen LogP contribution in [0.5, 0.6) is 11.6 Å². The third kappa shape index (κ3) is 2.44. The molecule has 0 aliphatic rings. The first-order valence-corrected chi connectivity index (χ1v) is 4.68. The Kier molecular flexibility index (Phi) is 2.68. The summed E-state index contributed by atoms with van der Waals surface area (Å²) in [7, 11) is 0. The molecule has 16 heavy (non-hydrogen) atoms. The number of hydrogen-bond donors (Lipinski definition) is 1. The first-order chi connectivity index (χ1) is 7.63. The molecule has 0 amide bonds. The molecule has 2 aromatic rings. The molecule has 0 unspecified atom stereocenters. The van der Waals surface area contributed by atoms with Crippen LogP contribution in [0.25, 0.3) is 0 Å². The van der Waals surface area contributed by atoms with E-state index < -0.39 is 0 Å². The van der Waals surface area contributed by atoms with Gasteiger partial charge in [0.2, 0.25) is 11.8 Å². The maximum Gasteiger partial charge on any atom is 0.224 e. The minimum absolute atomic E-state index is 0.150. The molecule has 0 fully saturated rings. The van der Waals surface area contributed by atoms with Gasteiger partial charge in [-0.2, -0.15) is 4.98 Å². The fraction of sp³-hybridized carbons (Fsp3) is 0.0909.